The Balaban J connectivity index is 3.28. The molecule has 4 heteroatoms. The van der Waals surface area contributed by atoms with Crippen molar-refractivity contribution in [1.82, 2.24) is 4.98 Å². The minimum Gasteiger partial charge on any atom is -0.328 e. The molecular formula is C6H7ClN2O. The van der Waals surface area contributed by atoms with Gasteiger partial charge in [-0.25, -0.2) is 0 Å². The van der Waals surface area contributed by atoms with Crippen LogP contribution in [-0.2, 0) is 6.54 Å². The van der Waals surface area contributed by atoms with Gasteiger partial charge in [-0.2, -0.15) is 0 Å². The molecular weight excluding hydrogens is 152 g/mol. The smallest absolute Gasteiger partial charge is 0.267 e. The van der Waals surface area contributed by atoms with Gasteiger partial charge in [0.05, 0.1) is 0 Å². The van der Waals surface area contributed by atoms with E-state index in [0.29, 0.717) is 12.1 Å². The fourth-order valence-corrected chi connectivity index (χ4v) is 0.853. The van der Waals surface area contributed by atoms with Crippen LogP contribution >= 0.6 is 11.6 Å². The van der Waals surface area contributed by atoms with Crippen molar-refractivity contribution in [2.75, 3.05) is 0 Å². The summed E-state index contributed by atoms with van der Waals surface area (Å²) in [6.07, 6.45) is 1.52. The zero-order valence-electron chi connectivity index (χ0n) is 5.23. The van der Waals surface area contributed by atoms with Crippen LogP contribution < -0.4 is 11.3 Å². The largest absolute Gasteiger partial charge is 0.328 e. The molecule has 0 aromatic carbocycles. The first kappa shape index (κ1) is 7.31. The third kappa shape index (κ3) is 1.20. The van der Waals surface area contributed by atoms with E-state index in [0.717, 1.165) is 0 Å². The second-order valence-corrected chi connectivity index (χ2v) is 2.23. The fourth-order valence-electron chi connectivity index (χ4n) is 0.658. The second kappa shape index (κ2) is 2.86. The van der Waals surface area contributed by atoms with E-state index in [-0.39, 0.29) is 10.6 Å². The van der Waals surface area contributed by atoms with Gasteiger partial charge in [-0.3, -0.25) is 4.79 Å². The van der Waals surface area contributed by atoms with Gasteiger partial charge in [-0.15, -0.1) is 0 Å². The van der Waals surface area contributed by atoms with Gasteiger partial charge in [0.1, 0.15) is 5.02 Å². The van der Waals surface area contributed by atoms with E-state index in [9.17, 15) is 4.79 Å². The first-order valence-corrected chi connectivity index (χ1v) is 3.19. The molecule has 1 heterocycles. The van der Waals surface area contributed by atoms with Crippen molar-refractivity contribution in [3.05, 3.63) is 33.2 Å². The van der Waals surface area contributed by atoms with Gasteiger partial charge >= 0.3 is 0 Å². The highest BCUT2D eigenvalue weighted by Crippen LogP contribution is 2.06. The maximum atomic E-state index is 10.8. The van der Waals surface area contributed by atoms with Crippen LogP contribution in [0.3, 0.4) is 0 Å². The zero-order chi connectivity index (χ0) is 7.56. The monoisotopic (exact) mass is 158 g/mol. The van der Waals surface area contributed by atoms with Crippen molar-refractivity contribution in [3.8, 4) is 0 Å². The number of aromatic nitrogens is 1. The first-order chi connectivity index (χ1) is 4.75. The Labute approximate surface area is 62.8 Å². The van der Waals surface area contributed by atoms with E-state index in [1.165, 1.54) is 6.20 Å². The number of hydrogen-bond donors (Lipinski definition) is 2. The number of aromatic amines is 1. The second-order valence-electron chi connectivity index (χ2n) is 1.85. The Morgan fingerprint density at radius 1 is 1.70 bits per heavy atom. The van der Waals surface area contributed by atoms with Crippen molar-refractivity contribution in [3.63, 3.8) is 0 Å². The summed E-state index contributed by atoms with van der Waals surface area (Å²) >= 11 is 5.57. The Kier molecular flexibility index (Phi) is 2.09. The van der Waals surface area contributed by atoms with Gasteiger partial charge in [0.2, 0.25) is 0 Å². The summed E-state index contributed by atoms with van der Waals surface area (Å²) in [5.74, 6) is 0. The Morgan fingerprint density at radius 3 is 2.90 bits per heavy atom. The highest BCUT2D eigenvalue weighted by atomic mass is 35.5. The van der Waals surface area contributed by atoms with Crippen LogP contribution in [0.25, 0.3) is 0 Å². The number of pyridine rings is 1. The van der Waals surface area contributed by atoms with E-state index in [2.05, 4.69) is 4.98 Å². The first-order valence-electron chi connectivity index (χ1n) is 2.82. The quantitative estimate of drug-likeness (QED) is 0.625. The number of rotatable bonds is 1. The molecule has 0 saturated heterocycles. The summed E-state index contributed by atoms with van der Waals surface area (Å²) < 4.78 is 0. The molecule has 0 amide bonds. The lowest BCUT2D eigenvalue weighted by Gasteiger charge is -1.95. The molecule has 0 fully saturated rings. The molecule has 0 unspecified atom stereocenters. The maximum Gasteiger partial charge on any atom is 0.267 e. The van der Waals surface area contributed by atoms with Gasteiger partial charge in [-0.05, 0) is 11.6 Å². The van der Waals surface area contributed by atoms with Crippen molar-refractivity contribution in [2.24, 2.45) is 5.73 Å². The van der Waals surface area contributed by atoms with Crippen molar-refractivity contribution < 1.29 is 0 Å². The summed E-state index contributed by atoms with van der Waals surface area (Å²) in [6.45, 7) is 0.294. The lowest BCUT2D eigenvalue weighted by Crippen LogP contribution is -2.09. The molecule has 1 rings (SSSR count). The molecule has 1 aromatic rings. The number of nitrogens with two attached hydrogens (primary N) is 1. The van der Waals surface area contributed by atoms with Gasteiger partial charge in [-0.1, -0.05) is 11.6 Å². The van der Waals surface area contributed by atoms with Gasteiger partial charge in [0, 0.05) is 12.7 Å². The third-order valence-corrected chi connectivity index (χ3v) is 1.61. The summed E-state index contributed by atoms with van der Waals surface area (Å²) in [4.78, 5) is 13.2. The highest BCUT2D eigenvalue weighted by Gasteiger charge is 1.99. The van der Waals surface area contributed by atoms with Gasteiger partial charge < -0.3 is 10.7 Å². The van der Waals surface area contributed by atoms with E-state index >= 15 is 0 Å². The van der Waals surface area contributed by atoms with Crippen LogP contribution in [0.2, 0.25) is 5.02 Å². The molecule has 0 aliphatic heterocycles. The van der Waals surface area contributed by atoms with E-state index < -0.39 is 0 Å². The van der Waals surface area contributed by atoms with Crippen LogP contribution in [0.15, 0.2) is 17.1 Å². The zero-order valence-corrected chi connectivity index (χ0v) is 5.98. The predicted molar refractivity (Wildman–Crippen MR) is 40.0 cm³/mol. The lowest BCUT2D eigenvalue weighted by molar-refractivity contribution is 1.05. The molecule has 0 aliphatic rings. The number of H-pyrrole nitrogens is 1. The Bertz CT molecular complexity index is 281. The molecule has 0 radical (unpaired) electrons. The van der Waals surface area contributed by atoms with E-state index in [1.54, 1.807) is 6.07 Å². The average Bonchev–Trinajstić information content (AvgIpc) is 1.95. The van der Waals surface area contributed by atoms with Gasteiger partial charge in [0.15, 0.2) is 0 Å². The Morgan fingerprint density at radius 2 is 2.40 bits per heavy atom. The normalized spacial score (nSPS) is 9.80. The predicted octanol–water partition coefficient (Wildman–Crippen LogP) is 0.487. The fraction of sp³-hybridized carbons (Fsp3) is 0.167. The summed E-state index contributed by atoms with van der Waals surface area (Å²) in [5.41, 5.74) is 5.67. The topological polar surface area (TPSA) is 58.9 Å². The van der Waals surface area contributed by atoms with Crippen LogP contribution in [0.4, 0.5) is 0 Å². The van der Waals surface area contributed by atoms with E-state index in [1.807, 2.05) is 0 Å². The molecule has 3 nitrogen and oxygen atoms in total. The molecule has 0 bridgehead atoms. The molecule has 3 N–H and O–H groups in total. The number of nitrogens with one attached hydrogen (secondary N) is 1. The van der Waals surface area contributed by atoms with Crippen LogP contribution in [0.5, 0.6) is 0 Å². The number of hydrogen-bond acceptors (Lipinski definition) is 2. The highest BCUT2D eigenvalue weighted by molar-refractivity contribution is 6.31. The third-order valence-electron chi connectivity index (χ3n) is 1.20. The van der Waals surface area contributed by atoms with Gasteiger partial charge in [0.25, 0.3) is 5.56 Å². The van der Waals surface area contributed by atoms with Crippen LogP contribution in [0, 0.1) is 0 Å². The summed E-state index contributed by atoms with van der Waals surface area (Å²) in [6, 6.07) is 1.68. The minimum atomic E-state index is -0.287. The number of halogens is 1. The maximum absolute atomic E-state index is 10.8. The van der Waals surface area contributed by atoms with E-state index in [4.69, 9.17) is 17.3 Å². The molecule has 1 aromatic heterocycles. The summed E-state index contributed by atoms with van der Waals surface area (Å²) in [5, 5.41) is 0.185. The van der Waals surface area contributed by atoms with Crippen molar-refractivity contribution in [1.29, 1.82) is 0 Å². The standard InChI is InChI=1S/C6H7ClN2O/c7-5-4(3-8)1-2-9-6(5)10/h1-2H,3,8H2,(H,9,10). The van der Waals surface area contributed by atoms with Crippen LogP contribution in [-0.4, -0.2) is 4.98 Å². The average molecular weight is 159 g/mol. The molecule has 10 heavy (non-hydrogen) atoms. The molecule has 0 aliphatic carbocycles. The molecule has 0 saturated carbocycles. The van der Waals surface area contributed by atoms with Crippen molar-refractivity contribution in [2.45, 2.75) is 6.54 Å². The molecule has 0 atom stereocenters. The summed E-state index contributed by atoms with van der Waals surface area (Å²) in [7, 11) is 0. The Hall–Kier alpha value is -0.800. The molecule has 0 spiro atoms. The lowest BCUT2D eigenvalue weighted by atomic mass is 10.3. The molecule has 54 valence electrons. The van der Waals surface area contributed by atoms with Crippen molar-refractivity contribution >= 4 is 11.6 Å². The minimum absolute atomic E-state index is 0.185. The SMILES string of the molecule is NCc1cc[nH]c(=O)c1Cl. The van der Waals surface area contributed by atoms with Crippen LogP contribution in [0.1, 0.15) is 5.56 Å².